The molecule has 6 nitrogen and oxygen atoms in total. The van der Waals surface area contributed by atoms with Crippen molar-refractivity contribution in [3.8, 4) is 11.6 Å². The molecule has 0 saturated carbocycles. The Morgan fingerprint density at radius 3 is 2.67 bits per heavy atom. The maximum Gasteiger partial charge on any atom is 0.230 e. The first kappa shape index (κ1) is 18.3. The lowest BCUT2D eigenvalue weighted by atomic mass is 9.89. The van der Waals surface area contributed by atoms with Gasteiger partial charge in [-0.3, -0.25) is 4.90 Å². The van der Waals surface area contributed by atoms with Crippen molar-refractivity contribution >= 4 is 16.3 Å². The van der Waals surface area contributed by atoms with Crippen LogP contribution in [0.4, 0.5) is 0 Å². The van der Waals surface area contributed by atoms with Gasteiger partial charge in [0.1, 0.15) is 11.6 Å². The number of piperidine rings is 1. The van der Waals surface area contributed by atoms with Crippen molar-refractivity contribution in [3.63, 3.8) is 0 Å². The fourth-order valence-corrected chi connectivity index (χ4v) is 5.45. The first-order valence-corrected chi connectivity index (χ1v) is 10.2. The third-order valence-corrected chi connectivity index (χ3v) is 6.30. The van der Waals surface area contributed by atoms with Gasteiger partial charge in [-0.05, 0) is 42.9 Å². The molecular formula is C20H26N4O2S. The standard InChI is InChI=1S/C20H26N4O2S/c1-12-8-13(2)11-23(10-12)17(15-6-5-7-16(9-15)26-4)18-19(25)24-20(27-18)21-14(3)22-24/h5-7,9,12-13,17,25H,8,10-11H2,1-4H3. The van der Waals surface area contributed by atoms with Crippen molar-refractivity contribution in [3.05, 3.63) is 40.5 Å². The number of thiazole rings is 1. The minimum atomic E-state index is -0.0425. The van der Waals surface area contributed by atoms with Gasteiger partial charge in [0.25, 0.3) is 0 Å². The van der Waals surface area contributed by atoms with Crippen molar-refractivity contribution in [2.75, 3.05) is 20.2 Å². The van der Waals surface area contributed by atoms with Gasteiger partial charge in [0.15, 0.2) is 0 Å². The maximum atomic E-state index is 10.9. The number of fused-ring (bicyclic) bond motifs is 1. The second-order valence-corrected chi connectivity index (χ2v) is 8.73. The summed E-state index contributed by atoms with van der Waals surface area (Å²) in [5.74, 6) is 2.92. The predicted molar refractivity (Wildman–Crippen MR) is 107 cm³/mol. The maximum absolute atomic E-state index is 10.9. The first-order valence-electron chi connectivity index (χ1n) is 9.39. The number of rotatable bonds is 4. The van der Waals surface area contributed by atoms with Crippen molar-refractivity contribution < 1.29 is 9.84 Å². The zero-order chi connectivity index (χ0) is 19.1. The van der Waals surface area contributed by atoms with Crippen LogP contribution in [0.1, 0.15) is 42.6 Å². The van der Waals surface area contributed by atoms with E-state index in [2.05, 4.69) is 41.0 Å². The SMILES string of the molecule is COc1cccc(C(c2sc3nc(C)nn3c2O)N2CC(C)CC(C)C2)c1. The van der Waals surface area contributed by atoms with Crippen molar-refractivity contribution in [2.45, 2.75) is 33.2 Å². The molecule has 0 spiro atoms. The number of aromatic hydroxyl groups is 1. The third kappa shape index (κ3) is 3.41. The van der Waals surface area contributed by atoms with Gasteiger partial charge in [0.2, 0.25) is 10.8 Å². The molecular weight excluding hydrogens is 360 g/mol. The Morgan fingerprint density at radius 1 is 1.26 bits per heavy atom. The molecule has 0 bridgehead atoms. The molecule has 27 heavy (non-hydrogen) atoms. The van der Waals surface area contributed by atoms with E-state index in [9.17, 15) is 5.11 Å². The molecule has 7 heteroatoms. The van der Waals surface area contributed by atoms with Crippen LogP contribution in [0.15, 0.2) is 24.3 Å². The van der Waals surface area contributed by atoms with Gasteiger partial charge >= 0.3 is 0 Å². The van der Waals surface area contributed by atoms with Crippen LogP contribution in [0.25, 0.3) is 4.96 Å². The number of hydrogen-bond acceptors (Lipinski definition) is 6. The van der Waals surface area contributed by atoms with Crippen LogP contribution >= 0.6 is 11.3 Å². The summed E-state index contributed by atoms with van der Waals surface area (Å²) < 4.78 is 7.01. The molecule has 1 aliphatic rings. The molecule has 0 aliphatic carbocycles. The monoisotopic (exact) mass is 386 g/mol. The molecule has 3 atom stereocenters. The summed E-state index contributed by atoms with van der Waals surface area (Å²) in [6.07, 6.45) is 1.24. The van der Waals surface area contributed by atoms with Gasteiger partial charge in [-0.15, -0.1) is 5.10 Å². The van der Waals surface area contributed by atoms with E-state index >= 15 is 0 Å². The molecule has 1 aliphatic heterocycles. The molecule has 0 radical (unpaired) electrons. The summed E-state index contributed by atoms with van der Waals surface area (Å²) in [5.41, 5.74) is 1.12. The van der Waals surface area contributed by atoms with Crippen LogP contribution in [-0.4, -0.2) is 44.8 Å². The second kappa shape index (κ2) is 7.13. The highest BCUT2D eigenvalue weighted by atomic mass is 32.1. The van der Waals surface area contributed by atoms with Gasteiger partial charge in [-0.1, -0.05) is 37.3 Å². The highest BCUT2D eigenvalue weighted by molar-refractivity contribution is 7.17. The summed E-state index contributed by atoms with van der Waals surface area (Å²) in [5, 5.41) is 15.3. The van der Waals surface area contributed by atoms with E-state index in [1.807, 2.05) is 19.1 Å². The quantitative estimate of drug-likeness (QED) is 0.737. The van der Waals surface area contributed by atoms with Gasteiger partial charge in [0, 0.05) is 13.1 Å². The van der Waals surface area contributed by atoms with Crippen LogP contribution in [-0.2, 0) is 0 Å². The van der Waals surface area contributed by atoms with E-state index in [1.54, 1.807) is 11.6 Å². The van der Waals surface area contributed by atoms with Crippen molar-refractivity contribution in [1.29, 1.82) is 0 Å². The fourth-order valence-electron chi connectivity index (χ4n) is 4.29. The Hall–Kier alpha value is -2.12. The summed E-state index contributed by atoms with van der Waals surface area (Å²) in [7, 11) is 1.68. The lowest BCUT2D eigenvalue weighted by molar-refractivity contribution is 0.111. The minimum Gasteiger partial charge on any atom is -0.497 e. The zero-order valence-corrected chi connectivity index (χ0v) is 17.0. The summed E-state index contributed by atoms with van der Waals surface area (Å²) in [6, 6.07) is 8.09. The number of methoxy groups -OCH3 is 1. The van der Waals surface area contributed by atoms with Crippen LogP contribution in [0.3, 0.4) is 0 Å². The van der Waals surface area contributed by atoms with E-state index in [0.717, 1.165) is 34.2 Å². The molecule has 0 amide bonds. The normalized spacial score (nSPS) is 22.2. The molecule has 1 N–H and O–H groups in total. The molecule has 3 unspecified atom stereocenters. The molecule has 1 saturated heterocycles. The minimum absolute atomic E-state index is 0.0425. The second-order valence-electron chi connectivity index (χ2n) is 7.72. The van der Waals surface area contributed by atoms with Gasteiger partial charge in [-0.25, -0.2) is 4.98 Å². The topological polar surface area (TPSA) is 62.9 Å². The molecule has 4 rings (SSSR count). The Balaban J connectivity index is 1.83. The van der Waals surface area contributed by atoms with Gasteiger partial charge in [-0.2, -0.15) is 4.52 Å². The van der Waals surface area contributed by atoms with Crippen LogP contribution in [0.5, 0.6) is 11.6 Å². The number of hydrogen-bond donors (Lipinski definition) is 1. The number of aromatic nitrogens is 3. The van der Waals surface area contributed by atoms with Gasteiger partial charge in [0.05, 0.1) is 18.0 Å². The number of benzene rings is 1. The Labute approximate surface area is 163 Å². The van der Waals surface area contributed by atoms with E-state index in [4.69, 9.17) is 4.74 Å². The van der Waals surface area contributed by atoms with Crippen LogP contribution in [0.2, 0.25) is 0 Å². The fraction of sp³-hybridized carbons (Fsp3) is 0.500. The van der Waals surface area contributed by atoms with E-state index in [-0.39, 0.29) is 11.9 Å². The van der Waals surface area contributed by atoms with E-state index < -0.39 is 0 Å². The highest BCUT2D eigenvalue weighted by Gasteiger charge is 2.33. The molecule has 3 aromatic rings. The average Bonchev–Trinajstić information content (AvgIpc) is 3.12. The van der Waals surface area contributed by atoms with Gasteiger partial charge < -0.3 is 9.84 Å². The summed E-state index contributed by atoms with van der Waals surface area (Å²) in [4.78, 5) is 8.54. The highest BCUT2D eigenvalue weighted by Crippen LogP contribution is 2.42. The van der Waals surface area contributed by atoms with Crippen molar-refractivity contribution in [1.82, 2.24) is 19.5 Å². The molecule has 1 aromatic carbocycles. The largest absolute Gasteiger partial charge is 0.497 e. The lowest BCUT2D eigenvalue weighted by Gasteiger charge is -2.40. The smallest absolute Gasteiger partial charge is 0.230 e. The molecule has 144 valence electrons. The number of likely N-dealkylation sites (tertiary alicyclic amines) is 1. The lowest BCUT2D eigenvalue weighted by Crippen LogP contribution is -2.41. The number of ether oxygens (including phenoxy) is 1. The first-order chi connectivity index (χ1) is 13.0. The zero-order valence-electron chi connectivity index (χ0n) is 16.2. The van der Waals surface area contributed by atoms with Crippen LogP contribution in [0, 0.1) is 18.8 Å². The van der Waals surface area contributed by atoms with E-state index in [0.29, 0.717) is 17.7 Å². The Bertz CT molecular complexity index is 941. The number of nitrogens with zero attached hydrogens (tertiary/aromatic N) is 4. The number of aryl methyl sites for hydroxylation is 1. The Morgan fingerprint density at radius 2 is 2.00 bits per heavy atom. The predicted octanol–water partition coefficient (Wildman–Crippen LogP) is 3.88. The van der Waals surface area contributed by atoms with Crippen molar-refractivity contribution in [2.24, 2.45) is 11.8 Å². The molecule has 2 aromatic heterocycles. The molecule has 3 heterocycles. The average molecular weight is 387 g/mol. The summed E-state index contributed by atoms with van der Waals surface area (Å²) >= 11 is 1.51. The van der Waals surface area contributed by atoms with Crippen LogP contribution < -0.4 is 4.74 Å². The van der Waals surface area contributed by atoms with E-state index in [1.165, 1.54) is 17.8 Å². The molecule has 1 fully saturated rings. The third-order valence-electron chi connectivity index (χ3n) is 5.23. The summed E-state index contributed by atoms with van der Waals surface area (Å²) in [6.45, 7) is 8.44. The Kier molecular flexibility index (Phi) is 4.82.